The molecule has 0 radical (unpaired) electrons. The van der Waals surface area contributed by atoms with Crippen LogP contribution >= 0.6 is 0 Å². The number of aryl methyl sites for hydroxylation is 1. The van der Waals surface area contributed by atoms with E-state index in [-0.39, 0.29) is 16.6 Å². The van der Waals surface area contributed by atoms with Gasteiger partial charge in [-0.2, -0.15) is 0 Å². The second-order valence-electron chi connectivity index (χ2n) is 3.63. The molecule has 6 heteroatoms. The summed E-state index contributed by atoms with van der Waals surface area (Å²) in [5.74, 6) is 4.67. The number of halogens is 3. The van der Waals surface area contributed by atoms with Crippen molar-refractivity contribution in [1.29, 1.82) is 0 Å². The van der Waals surface area contributed by atoms with Gasteiger partial charge in [0.15, 0.2) is 0 Å². The van der Waals surface area contributed by atoms with Crippen molar-refractivity contribution >= 4 is 16.6 Å². The molecule has 0 aliphatic rings. The van der Waals surface area contributed by atoms with E-state index in [2.05, 4.69) is 10.4 Å². The van der Waals surface area contributed by atoms with E-state index in [1.807, 2.05) is 0 Å². The third kappa shape index (κ3) is 1.91. The second kappa shape index (κ2) is 4.21. The van der Waals surface area contributed by atoms with Gasteiger partial charge in [-0.05, 0) is 24.6 Å². The Morgan fingerprint density at radius 1 is 1.35 bits per heavy atom. The van der Waals surface area contributed by atoms with Crippen LogP contribution in [0.5, 0.6) is 0 Å². The van der Waals surface area contributed by atoms with Crippen molar-refractivity contribution in [3.8, 4) is 0 Å². The Bertz CT molecular complexity index is 569. The molecule has 0 bridgehead atoms. The van der Waals surface area contributed by atoms with Gasteiger partial charge in [0.2, 0.25) is 0 Å². The van der Waals surface area contributed by atoms with Crippen LogP contribution in [0.1, 0.15) is 17.7 Å². The van der Waals surface area contributed by atoms with Crippen molar-refractivity contribution in [2.24, 2.45) is 5.84 Å². The summed E-state index contributed by atoms with van der Waals surface area (Å²) in [6, 6.07) is 3.79. The minimum atomic E-state index is -2.73. The molecule has 90 valence electrons. The Labute approximate surface area is 95.4 Å². The van der Waals surface area contributed by atoms with Gasteiger partial charge in [0.25, 0.3) is 6.43 Å². The van der Waals surface area contributed by atoms with E-state index in [1.165, 1.54) is 12.1 Å². The third-order valence-electron chi connectivity index (χ3n) is 2.51. The maximum atomic E-state index is 13.6. The number of pyridine rings is 1. The number of alkyl halides is 2. The van der Waals surface area contributed by atoms with Crippen molar-refractivity contribution < 1.29 is 13.2 Å². The number of hydrazine groups is 1. The fourth-order valence-corrected chi connectivity index (χ4v) is 1.68. The lowest BCUT2D eigenvalue weighted by atomic mass is 10.1. The van der Waals surface area contributed by atoms with Crippen molar-refractivity contribution in [3.05, 3.63) is 35.3 Å². The number of anilines is 1. The molecule has 17 heavy (non-hydrogen) atoms. The standard InChI is InChI=1S/C11H10F3N3/c1-5-2-3-6(12)9-7(17-15)4-8(11(13)14)16-10(5)9/h2-4,11H,15H2,1H3,(H,16,17). The quantitative estimate of drug-likeness (QED) is 0.627. The molecule has 2 aromatic rings. The monoisotopic (exact) mass is 241 g/mol. The highest BCUT2D eigenvalue weighted by atomic mass is 19.3. The first-order chi connectivity index (χ1) is 8.04. The fraction of sp³-hybridized carbons (Fsp3) is 0.182. The van der Waals surface area contributed by atoms with Crippen LogP contribution < -0.4 is 11.3 Å². The zero-order chi connectivity index (χ0) is 12.6. The Morgan fingerprint density at radius 3 is 2.65 bits per heavy atom. The molecule has 0 fully saturated rings. The number of rotatable bonds is 2. The summed E-state index contributed by atoms with van der Waals surface area (Å²) in [6.07, 6.45) is -2.73. The predicted molar refractivity (Wildman–Crippen MR) is 59.2 cm³/mol. The number of aromatic nitrogens is 1. The first-order valence-corrected chi connectivity index (χ1v) is 4.89. The van der Waals surface area contributed by atoms with Crippen LogP contribution in [-0.4, -0.2) is 4.98 Å². The van der Waals surface area contributed by atoms with Gasteiger partial charge < -0.3 is 5.43 Å². The van der Waals surface area contributed by atoms with Gasteiger partial charge in [-0.15, -0.1) is 0 Å². The molecule has 1 aromatic carbocycles. The third-order valence-corrected chi connectivity index (χ3v) is 2.51. The van der Waals surface area contributed by atoms with Gasteiger partial charge in [-0.3, -0.25) is 5.84 Å². The van der Waals surface area contributed by atoms with Gasteiger partial charge >= 0.3 is 0 Å². The minimum Gasteiger partial charge on any atom is -0.323 e. The van der Waals surface area contributed by atoms with Gasteiger partial charge in [0.1, 0.15) is 11.5 Å². The molecule has 2 rings (SSSR count). The number of nitrogens with two attached hydrogens (primary N) is 1. The van der Waals surface area contributed by atoms with Gasteiger partial charge in [-0.25, -0.2) is 18.2 Å². The molecule has 0 atom stereocenters. The average Bonchev–Trinajstić information content (AvgIpc) is 2.32. The topological polar surface area (TPSA) is 50.9 Å². The van der Waals surface area contributed by atoms with Crippen LogP contribution in [-0.2, 0) is 0 Å². The largest absolute Gasteiger partial charge is 0.323 e. The molecule has 0 aliphatic carbocycles. The molecule has 0 saturated carbocycles. The highest BCUT2D eigenvalue weighted by molar-refractivity contribution is 5.93. The van der Waals surface area contributed by atoms with Gasteiger partial charge in [-0.1, -0.05) is 6.07 Å². The lowest BCUT2D eigenvalue weighted by Crippen LogP contribution is -2.09. The Morgan fingerprint density at radius 2 is 2.06 bits per heavy atom. The first-order valence-electron chi connectivity index (χ1n) is 4.89. The molecule has 0 unspecified atom stereocenters. The van der Waals surface area contributed by atoms with Crippen LogP contribution in [0, 0.1) is 12.7 Å². The highest BCUT2D eigenvalue weighted by Crippen LogP contribution is 2.30. The number of fused-ring (bicyclic) bond motifs is 1. The van der Waals surface area contributed by atoms with Crippen LogP contribution in [0.4, 0.5) is 18.9 Å². The van der Waals surface area contributed by atoms with E-state index in [4.69, 9.17) is 5.84 Å². The fourth-order valence-electron chi connectivity index (χ4n) is 1.68. The van der Waals surface area contributed by atoms with Crippen LogP contribution in [0.3, 0.4) is 0 Å². The highest BCUT2D eigenvalue weighted by Gasteiger charge is 2.16. The molecular formula is C11H10F3N3. The Kier molecular flexibility index (Phi) is 2.89. The SMILES string of the molecule is Cc1ccc(F)c2c(NN)cc(C(F)F)nc12. The van der Waals surface area contributed by atoms with Gasteiger partial charge in [0, 0.05) is 0 Å². The lowest BCUT2D eigenvalue weighted by Gasteiger charge is -2.11. The zero-order valence-electron chi connectivity index (χ0n) is 8.97. The molecule has 1 heterocycles. The van der Waals surface area contributed by atoms with Crippen LogP contribution in [0.15, 0.2) is 18.2 Å². The van der Waals surface area contributed by atoms with E-state index in [0.29, 0.717) is 5.56 Å². The maximum Gasteiger partial charge on any atom is 0.280 e. The zero-order valence-corrected chi connectivity index (χ0v) is 8.97. The number of hydrogen-bond acceptors (Lipinski definition) is 3. The summed E-state index contributed by atoms with van der Waals surface area (Å²) in [6.45, 7) is 1.67. The van der Waals surface area contributed by atoms with Crippen molar-refractivity contribution in [2.45, 2.75) is 13.3 Å². The van der Waals surface area contributed by atoms with Crippen molar-refractivity contribution in [3.63, 3.8) is 0 Å². The summed E-state index contributed by atoms with van der Waals surface area (Å²) in [7, 11) is 0. The molecule has 1 aromatic heterocycles. The first kappa shape index (κ1) is 11.7. The predicted octanol–water partition coefficient (Wildman–Crippen LogP) is 2.91. The van der Waals surface area contributed by atoms with Crippen LogP contribution in [0.2, 0.25) is 0 Å². The van der Waals surface area contributed by atoms with Gasteiger partial charge in [0.05, 0.1) is 16.6 Å². The number of nitrogens with one attached hydrogen (secondary N) is 1. The van der Waals surface area contributed by atoms with E-state index >= 15 is 0 Å². The van der Waals surface area contributed by atoms with Crippen LogP contribution in [0.25, 0.3) is 10.9 Å². The molecule has 0 spiro atoms. The average molecular weight is 241 g/mol. The number of nitrogen functional groups attached to an aromatic ring is 1. The van der Waals surface area contributed by atoms with E-state index < -0.39 is 17.9 Å². The lowest BCUT2D eigenvalue weighted by molar-refractivity contribution is 0.146. The molecule has 3 nitrogen and oxygen atoms in total. The summed E-state index contributed by atoms with van der Waals surface area (Å²) in [5, 5.41) is 0.122. The number of benzene rings is 1. The smallest absolute Gasteiger partial charge is 0.280 e. The summed E-state index contributed by atoms with van der Waals surface area (Å²) in [4.78, 5) is 3.76. The maximum absolute atomic E-state index is 13.6. The van der Waals surface area contributed by atoms with Crippen molar-refractivity contribution in [2.75, 3.05) is 5.43 Å². The molecular weight excluding hydrogens is 231 g/mol. The normalized spacial score (nSPS) is 11.2. The number of nitrogens with zero attached hydrogens (tertiary/aromatic N) is 1. The Balaban J connectivity index is 2.87. The molecule has 0 aliphatic heterocycles. The van der Waals surface area contributed by atoms with E-state index in [0.717, 1.165) is 6.07 Å². The molecule has 3 N–H and O–H groups in total. The molecule has 0 saturated heterocycles. The summed E-state index contributed by atoms with van der Waals surface area (Å²) < 4.78 is 38.9. The minimum absolute atomic E-state index is 0.103. The summed E-state index contributed by atoms with van der Waals surface area (Å²) in [5.41, 5.74) is 2.69. The second-order valence-corrected chi connectivity index (χ2v) is 3.63. The molecule has 0 amide bonds. The van der Waals surface area contributed by atoms with E-state index in [9.17, 15) is 13.2 Å². The van der Waals surface area contributed by atoms with E-state index in [1.54, 1.807) is 6.92 Å². The number of hydrogen-bond donors (Lipinski definition) is 2. The Hall–Kier alpha value is -1.82. The summed E-state index contributed by atoms with van der Waals surface area (Å²) >= 11 is 0. The van der Waals surface area contributed by atoms with Crippen molar-refractivity contribution in [1.82, 2.24) is 4.98 Å².